The Hall–Kier alpha value is -0.550. The zero-order valence-corrected chi connectivity index (χ0v) is 8.15. The first-order valence-corrected chi connectivity index (χ1v) is 4.17. The molecule has 1 atom stereocenters. The minimum Gasteiger partial charge on any atom is -0.356 e. The van der Waals surface area contributed by atoms with Gasteiger partial charge in [-0.3, -0.25) is 14.3 Å². The van der Waals surface area contributed by atoms with Crippen molar-refractivity contribution in [1.82, 2.24) is 10.0 Å². The van der Waals surface area contributed by atoms with Crippen LogP contribution in [0.2, 0.25) is 0 Å². The maximum absolute atomic E-state index is 10.8. The van der Waals surface area contributed by atoms with Crippen molar-refractivity contribution in [1.29, 1.82) is 0 Å². The van der Waals surface area contributed by atoms with Crippen LogP contribution in [0, 0.1) is 0 Å². The van der Waals surface area contributed by atoms with E-state index < -0.39 is 0 Å². The van der Waals surface area contributed by atoms with Gasteiger partial charge in [0.05, 0.1) is 6.04 Å². The molecule has 0 unspecified atom stereocenters. The molecular weight excluding hydrogens is 176 g/mol. The molecule has 5 heteroatoms. The molecule has 0 aliphatic carbocycles. The van der Waals surface area contributed by atoms with Gasteiger partial charge < -0.3 is 5.32 Å². The predicted molar refractivity (Wildman–Crippen MR) is 49.9 cm³/mol. The zero-order valence-electron chi connectivity index (χ0n) is 7.26. The number of rotatable bonds is 5. The summed E-state index contributed by atoms with van der Waals surface area (Å²) in [4.78, 5) is 21.3. The molecule has 2 N–H and O–H groups in total. The molecule has 0 saturated carbocycles. The van der Waals surface area contributed by atoms with Crippen molar-refractivity contribution >= 4 is 24.5 Å². The van der Waals surface area contributed by atoms with E-state index in [4.69, 9.17) is 0 Å². The molecule has 0 aromatic heterocycles. The van der Waals surface area contributed by atoms with Gasteiger partial charge in [0.25, 0.3) is 0 Å². The molecular formula is C7H14N2O2S. The van der Waals surface area contributed by atoms with Gasteiger partial charge in [-0.25, -0.2) is 0 Å². The van der Waals surface area contributed by atoms with Gasteiger partial charge in [0.15, 0.2) is 0 Å². The van der Waals surface area contributed by atoms with E-state index in [2.05, 4.69) is 22.9 Å². The molecule has 0 bridgehead atoms. The van der Waals surface area contributed by atoms with E-state index >= 15 is 0 Å². The summed E-state index contributed by atoms with van der Waals surface area (Å²) < 4.78 is 2.57. The first-order chi connectivity index (χ1) is 5.57. The van der Waals surface area contributed by atoms with Crippen LogP contribution in [0.3, 0.4) is 0 Å². The minimum atomic E-state index is -0.278. The number of nitrogens with one attached hydrogen (secondary N) is 2. The number of thiol groups is 1. The molecule has 0 aromatic carbocycles. The highest BCUT2D eigenvalue weighted by Gasteiger charge is 2.10. The Morgan fingerprint density at radius 3 is 2.33 bits per heavy atom. The molecule has 70 valence electrons. The molecule has 0 spiro atoms. The summed E-state index contributed by atoms with van der Waals surface area (Å²) in [5.41, 5.74) is 0. The summed E-state index contributed by atoms with van der Waals surface area (Å²) in [7, 11) is 0. The van der Waals surface area contributed by atoms with Gasteiger partial charge in [-0.2, -0.15) is 0 Å². The van der Waals surface area contributed by atoms with E-state index in [1.807, 2.05) is 0 Å². The molecule has 0 aliphatic rings. The van der Waals surface area contributed by atoms with Crippen molar-refractivity contribution < 1.29 is 9.59 Å². The van der Waals surface area contributed by atoms with Crippen LogP contribution in [0.5, 0.6) is 0 Å². The van der Waals surface area contributed by atoms with E-state index in [0.29, 0.717) is 13.0 Å². The van der Waals surface area contributed by atoms with Crippen LogP contribution in [0.4, 0.5) is 0 Å². The van der Waals surface area contributed by atoms with E-state index in [9.17, 15) is 9.59 Å². The van der Waals surface area contributed by atoms with Crippen LogP contribution in [0.15, 0.2) is 0 Å². The van der Waals surface area contributed by atoms with Crippen LogP contribution in [0.1, 0.15) is 20.3 Å². The Kier molecular flexibility index (Phi) is 5.74. The van der Waals surface area contributed by atoms with Gasteiger partial charge in [-0.05, 0) is 13.3 Å². The Labute approximate surface area is 77.6 Å². The van der Waals surface area contributed by atoms with Crippen LogP contribution in [-0.4, -0.2) is 24.3 Å². The predicted octanol–water partition coefficient (Wildman–Crippen LogP) is -0.0954. The lowest BCUT2D eigenvalue weighted by molar-refractivity contribution is -0.120. The molecule has 0 fully saturated rings. The quantitative estimate of drug-likeness (QED) is 0.531. The number of hydrogen-bond donors (Lipinski definition) is 3. The lowest BCUT2D eigenvalue weighted by atomic mass is 10.1. The van der Waals surface area contributed by atoms with E-state index in [1.165, 1.54) is 13.8 Å². The molecule has 4 nitrogen and oxygen atoms in total. The average Bonchev–Trinajstić information content (AvgIpc) is 1.96. The molecule has 0 radical (unpaired) electrons. The molecule has 12 heavy (non-hydrogen) atoms. The summed E-state index contributed by atoms with van der Waals surface area (Å²) in [6.45, 7) is 3.42. The summed E-state index contributed by atoms with van der Waals surface area (Å²) in [6, 6.07) is -0.278. The highest BCUT2D eigenvalue weighted by molar-refractivity contribution is 7.78. The maximum atomic E-state index is 10.8. The molecule has 0 aliphatic heterocycles. The maximum Gasteiger partial charge on any atom is 0.216 e. The average molecular weight is 190 g/mol. The number of carbonyl (C=O) groups excluding carboxylic acids is 2. The number of carbonyl (C=O) groups is 2. The smallest absolute Gasteiger partial charge is 0.216 e. The van der Waals surface area contributed by atoms with Gasteiger partial charge in [0, 0.05) is 13.5 Å². The van der Waals surface area contributed by atoms with Crippen LogP contribution >= 0.6 is 12.8 Å². The molecule has 0 aromatic rings. The van der Waals surface area contributed by atoms with Crippen molar-refractivity contribution in [2.45, 2.75) is 26.3 Å². The molecule has 0 rings (SSSR count). The van der Waals surface area contributed by atoms with E-state index in [-0.39, 0.29) is 17.7 Å². The van der Waals surface area contributed by atoms with Gasteiger partial charge >= 0.3 is 0 Å². The van der Waals surface area contributed by atoms with Crippen molar-refractivity contribution in [2.24, 2.45) is 0 Å². The van der Waals surface area contributed by atoms with Gasteiger partial charge in [0.2, 0.25) is 5.91 Å². The standard InChI is InChI=1S/C7H14N2O2S/c1-5(10)7(9-12)3-4-8-6(2)11/h7,9,12H,3-4H2,1-2H3,(H,8,11)/t7-/m0/s1. The first kappa shape index (κ1) is 11.4. The van der Waals surface area contributed by atoms with E-state index in [1.54, 1.807) is 0 Å². The number of Topliss-reactive ketones (excluding diaryl/α,β-unsaturated/α-hetero) is 1. The first-order valence-electron chi connectivity index (χ1n) is 3.72. The van der Waals surface area contributed by atoms with Crippen molar-refractivity contribution in [3.63, 3.8) is 0 Å². The highest BCUT2D eigenvalue weighted by Crippen LogP contribution is 1.93. The minimum absolute atomic E-state index is 0.0235. The zero-order chi connectivity index (χ0) is 9.56. The highest BCUT2D eigenvalue weighted by atomic mass is 32.1. The second-order valence-electron chi connectivity index (χ2n) is 2.56. The third-order valence-electron chi connectivity index (χ3n) is 1.45. The number of hydrogen-bond acceptors (Lipinski definition) is 4. The Balaban J connectivity index is 3.59. The van der Waals surface area contributed by atoms with Crippen LogP contribution in [0.25, 0.3) is 0 Å². The Morgan fingerprint density at radius 1 is 1.42 bits per heavy atom. The summed E-state index contributed by atoms with van der Waals surface area (Å²) >= 11 is 3.80. The van der Waals surface area contributed by atoms with Crippen molar-refractivity contribution in [2.75, 3.05) is 6.54 Å². The third-order valence-corrected chi connectivity index (χ3v) is 1.77. The summed E-state index contributed by atoms with van der Waals surface area (Å²) in [6.07, 6.45) is 0.568. The number of amides is 1. The van der Waals surface area contributed by atoms with Crippen LogP contribution in [-0.2, 0) is 9.59 Å². The Morgan fingerprint density at radius 2 is 2.00 bits per heavy atom. The second kappa shape index (κ2) is 6.02. The lowest BCUT2D eigenvalue weighted by Gasteiger charge is -2.11. The fourth-order valence-electron chi connectivity index (χ4n) is 0.751. The fraction of sp³-hybridized carbons (Fsp3) is 0.714. The normalized spacial score (nSPS) is 12.2. The third kappa shape index (κ3) is 5.15. The van der Waals surface area contributed by atoms with Crippen LogP contribution < -0.4 is 10.0 Å². The molecule has 1 amide bonds. The lowest BCUT2D eigenvalue weighted by Crippen LogP contribution is -2.33. The summed E-state index contributed by atoms with van der Waals surface area (Å²) in [5.74, 6) is -0.0631. The monoisotopic (exact) mass is 190 g/mol. The van der Waals surface area contributed by atoms with E-state index in [0.717, 1.165) is 0 Å². The van der Waals surface area contributed by atoms with Gasteiger partial charge in [0.1, 0.15) is 5.78 Å². The molecule has 0 heterocycles. The summed E-state index contributed by atoms with van der Waals surface area (Å²) in [5, 5.41) is 2.60. The SMILES string of the molecule is CC(=O)NCC[C@H](NS)C(C)=O. The molecule has 0 saturated heterocycles. The van der Waals surface area contributed by atoms with Gasteiger partial charge in [-0.1, -0.05) is 12.8 Å². The fourth-order valence-corrected chi connectivity index (χ4v) is 1.06. The van der Waals surface area contributed by atoms with Gasteiger partial charge in [-0.15, -0.1) is 0 Å². The largest absolute Gasteiger partial charge is 0.356 e. The topological polar surface area (TPSA) is 58.2 Å². The van der Waals surface area contributed by atoms with Crippen molar-refractivity contribution in [3.05, 3.63) is 0 Å². The second-order valence-corrected chi connectivity index (χ2v) is 2.82. The number of ketones is 1. The Bertz CT molecular complexity index is 173. The van der Waals surface area contributed by atoms with Crippen molar-refractivity contribution in [3.8, 4) is 0 Å².